The summed E-state index contributed by atoms with van der Waals surface area (Å²) in [6.45, 7) is 3.84. The monoisotopic (exact) mass is 280 g/mol. The highest BCUT2D eigenvalue weighted by atomic mass is 35.5. The van der Waals surface area contributed by atoms with E-state index in [1.54, 1.807) is 16.7 Å². The van der Waals surface area contributed by atoms with Crippen molar-refractivity contribution in [3.05, 3.63) is 33.8 Å². The number of fused-ring (bicyclic) bond motifs is 1. The Hall–Kier alpha value is -1.26. The molecule has 0 aliphatic carbocycles. The average molecular weight is 281 g/mol. The van der Waals surface area contributed by atoms with E-state index < -0.39 is 0 Å². The molecule has 0 unspecified atom stereocenters. The molecule has 4 nitrogen and oxygen atoms in total. The van der Waals surface area contributed by atoms with Gasteiger partial charge in [0.25, 0.3) is 0 Å². The summed E-state index contributed by atoms with van der Waals surface area (Å²) >= 11 is 5.90. The molecule has 1 aliphatic heterocycles. The SMILES string of the molecule is O=c1oc2cc(Cl)ccc2n1CCN1CCCCC1. The van der Waals surface area contributed by atoms with Gasteiger partial charge in [0, 0.05) is 24.2 Å². The number of benzene rings is 1. The number of hydrogen-bond acceptors (Lipinski definition) is 3. The van der Waals surface area contributed by atoms with Gasteiger partial charge >= 0.3 is 5.76 Å². The highest BCUT2D eigenvalue weighted by Crippen LogP contribution is 2.18. The third-order valence-electron chi connectivity index (χ3n) is 3.72. The minimum absolute atomic E-state index is 0.297. The van der Waals surface area contributed by atoms with Gasteiger partial charge in [-0.05, 0) is 38.1 Å². The second kappa shape index (κ2) is 5.39. The van der Waals surface area contributed by atoms with Crippen LogP contribution in [0.15, 0.2) is 27.4 Å². The predicted molar refractivity (Wildman–Crippen MR) is 75.8 cm³/mol. The van der Waals surface area contributed by atoms with Crippen molar-refractivity contribution in [1.82, 2.24) is 9.47 Å². The quantitative estimate of drug-likeness (QED) is 0.868. The Balaban J connectivity index is 1.80. The zero-order valence-corrected chi connectivity index (χ0v) is 11.5. The second-order valence-electron chi connectivity index (χ2n) is 5.03. The number of halogens is 1. The van der Waals surface area contributed by atoms with Crippen LogP contribution in [0.1, 0.15) is 19.3 Å². The number of likely N-dealkylation sites (tertiary alicyclic amines) is 1. The first kappa shape index (κ1) is 12.8. The van der Waals surface area contributed by atoms with Crippen LogP contribution < -0.4 is 5.76 Å². The van der Waals surface area contributed by atoms with Gasteiger partial charge in [-0.2, -0.15) is 0 Å². The van der Waals surface area contributed by atoms with Crippen LogP contribution in [-0.4, -0.2) is 29.1 Å². The Kier molecular flexibility index (Phi) is 3.62. The lowest BCUT2D eigenvalue weighted by Gasteiger charge is -2.26. The fraction of sp³-hybridized carbons (Fsp3) is 0.500. The molecular formula is C14H17ClN2O2. The summed E-state index contributed by atoms with van der Waals surface area (Å²) in [6.07, 6.45) is 3.84. The maximum absolute atomic E-state index is 11.9. The van der Waals surface area contributed by atoms with E-state index in [2.05, 4.69) is 4.90 Å². The number of nitrogens with zero attached hydrogens (tertiary/aromatic N) is 2. The van der Waals surface area contributed by atoms with Gasteiger partial charge < -0.3 is 9.32 Å². The molecule has 0 atom stereocenters. The van der Waals surface area contributed by atoms with Crippen LogP contribution in [0.4, 0.5) is 0 Å². The molecule has 2 heterocycles. The van der Waals surface area contributed by atoms with Gasteiger partial charge in [-0.1, -0.05) is 18.0 Å². The van der Waals surface area contributed by atoms with E-state index in [9.17, 15) is 4.79 Å². The van der Waals surface area contributed by atoms with E-state index in [-0.39, 0.29) is 5.76 Å². The van der Waals surface area contributed by atoms with Gasteiger partial charge in [0.15, 0.2) is 5.58 Å². The molecule has 0 saturated carbocycles. The van der Waals surface area contributed by atoms with Gasteiger partial charge in [-0.25, -0.2) is 4.79 Å². The molecule has 0 bridgehead atoms. The van der Waals surface area contributed by atoms with Crippen molar-refractivity contribution in [3.8, 4) is 0 Å². The number of oxazole rings is 1. The first-order chi connectivity index (χ1) is 9.24. The molecule has 1 aliphatic rings. The Morgan fingerprint density at radius 1 is 1.16 bits per heavy atom. The van der Waals surface area contributed by atoms with Crippen molar-refractivity contribution in [2.24, 2.45) is 0 Å². The van der Waals surface area contributed by atoms with Crippen molar-refractivity contribution >= 4 is 22.7 Å². The summed E-state index contributed by atoms with van der Waals surface area (Å²) in [5, 5.41) is 0.587. The standard InChI is InChI=1S/C14H17ClN2O2/c15-11-4-5-12-13(10-11)19-14(18)17(12)9-8-16-6-2-1-3-7-16/h4-5,10H,1-3,6-9H2. The molecule has 0 radical (unpaired) electrons. The summed E-state index contributed by atoms with van der Waals surface area (Å²) < 4.78 is 6.92. The average Bonchev–Trinajstić information content (AvgIpc) is 2.72. The molecule has 2 aromatic rings. The molecule has 0 spiro atoms. The molecular weight excluding hydrogens is 264 g/mol. The van der Waals surface area contributed by atoms with E-state index in [0.29, 0.717) is 17.2 Å². The molecule has 3 rings (SSSR count). The Bertz CT molecular complexity index is 626. The number of rotatable bonds is 3. The van der Waals surface area contributed by atoms with Crippen LogP contribution in [0, 0.1) is 0 Å². The van der Waals surface area contributed by atoms with Gasteiger partial charge in [0.1, 0.15) is 0 Å². The highest BCUT2D eigenvalue weighted by molar-refractivity contribution is 6.31. The second-order valence-corrected chi connectivity index (χ2v) is 5.47. The van der Waals surface area contributed by atoms with Crippen LogP contribution in [0.5, 0.6) is 0 Å². The van der Waals surface area contributed by atoms with E-state index in [0.717, 1.165) is 25.2 Å². The van der Waals surface area contributed by atoms with Crippen molar-refractivity contribution in [2.75, 3.05) is 19.6 Å². The minimum atomic E-state index is -0.297. The summed E-state index contributed by atoms with van der Waals surface area (Å²) in [4.78, 5) is 14.3. The van der Waals surface area contributed by atoms with Gasteiger partial charge in [0.2, 0.25) is 0 Å². The summed E-state index contributed by atoms with van der Waals surface area (Å²) in [5.41, 5.74) is 1.39. The Morgan fingerprint density at radius 2 is 1.95 bits per heavy atom. The summed E-state index contributed by atoms with van der Waals surface area (Å²) in [6, 6.07) is 5.32. The van der Waals surface area contributed by atoms with Gasteiger partial charge in [-0.3, -0.25) is 4.57 Å². The zero-order valence-electron chi connectivity index (χ0n) is 10.8. The Morgan fingerprint density at radius 3 is 2.74 bits per heavy atom. The first-order valence-electron chi connectivity index (χ1n) is 6.75. The van der Waals surface area contributed by atoms with Crippen molar-refractivity contribution in [2.45, 2.75) is 25.8 Å². The lowest BCUT2D eigenvalue weighted by atomic mass is 10.1. The first-order valence-corrected chi connectivity index (χ1v) is 7.13. The van der Waals surface area contributed by atoms with Crippen molar-refractivity contribution in [3.63, 3.8) is 0 Å². The molecule has 1 aromatic heterocycles. The van der Waals surface area contributed by atoms with Crippen molar-refractivity contribution < 1.29 is 4.42 Å². The van der Waals surface area contributed by atoms with E-state index in [1.165, 1.54) is 19.3 Å². The Labute approximate surface area is 116 Å². The topological polar surface area (TPSA) is 38.4 Å². The summed E-state index contributed by atoms with van der Waals surface area (Å²) in [5.74, 6) is -0.297. The van der Waals surface area contributed by atoms with Crippen LogP contribution in [0.2, 0.25) is 5.02 Å². The molecule has 102 valence electrons. The van der Waals surface area contributed by atoms with Crippen LogP contribution >= 0.6 is 11.6 Å². The zero-order chi connectivity index (χ0) is 13.2. The number of aromatic nitrogens is 1. The summed E-state index contributed by atoms with van der Waals surface area (Å²) in [7, 11) is 0. The van der Waals surface area contributed by atoms with Crippen LogP contribution in [0.3, 0.4) is 0 Å². The third-order valence-corrected chi connectivity index (χ3v) is 3.95. The van der Waals surface area contributed by atoms with Crippen LogP contribution in [0.25, 0.3) is 11.1 Å². The van der Waals surface area contributed by atoms with Crippen molar-refractivity contribution in [1.29, 1.82) is 0 Å². The smallest absolute Gasteiger partial charge is 0.408 e. The molecule has 1 saturated heterocycles. The molecule has 0 amide bonds. The molecule has 1 fully saturated rings. The number of hydrogen-bond donors (Lipinski definition) is 0. The highest BCUT2D eigenvalue weighted by Gasteiger charge is 2.13. The fourth-order valence-electron chi connectivity index (χ4n) is 2.68. The molecule has 1 aromatic carbocycles. The fourth-order valence-corrected chi connectivity index (χ4v) is 2.84. The molecule has 19 heavy (non-hydrogen) atoms. The van der Waals surface area contributed by atoms with Gasteiger partial charge in [0.05, 0.1) is 5.52 Å². The maximum Gasteiger partial charge on any atom is 0.419 e. The predicted octanol–water partition coefficient (Wildman–Crippen LogP) is 2.73. The van der Waals surface area contributed by atoms with E-state index in [1.807, 2.05) is 6.07 Å². The van der Waals surface area contributed by atoms with Crippen LogP contribution in [-0.2, 0) is 6.54 Å². The maximum atomic E-state index is 11.9. The van der Waals surface area contributed by atoms with E-state index in [4.69, 9.17) is 16.0 Å². The van der Waals surface area contributed by atoms with Gasteiger partial charge in [-0.15, -0.1) is 0 Å². The third kappa shape index (κ3) is 2.69. The van der Waals surface area contributed by atoms with E-state index >= 15 is 0 Å². The largest absolute Gasteiger partial charge is 0.419 e. The molecule has 0 N–H and O–H groups in total. The lowest BCUT2D eigenvalue weighted by Crippen LogP contribution is -2.33. The lowest BCUT2D eigenvalue weighted by molar-refractivity contribution is 0.219. The normalized spacial score (nSPS) is 17.1. The number of piperidine rings is 1. The minimum Gasteiger partial charge on any atom is -0.408 e. The molecule has 5 heteroatoms.